The summed E-state index contributed by atoms with van der Waals surface area (Å²) >= 11 is 0. The van der Waals surface area contributed by atoms with Crippen molar-refractivity contribution in [3.05, 3.63) is 47.3 Å². The van der Waals surface area contributed by atoms with Gasteiger partial charge in [-0.05, 0) is 39.0 Å². The Morgan fingerprint density at radius 3 is 2.67 bits per heavy atom. The molecule has 0 radical (unpaired) electrons. The number of hydrogen-bond acceptors (Lipinski definition) is 7. The highest BCUT2D eigenvalue weighted by Crippen LogP contribution is 2.21. The summed E-state index contributed by atoms with van der Waals surface area (Å²) in [5, 5.41) is 10.4. The van der Waals surface area contributed by atoms with Crippen molar-refractivity contribution in [3.8, 4) is 5.75 Å². The quantitative estimate of drug-likeness (QED) is 0.495. The summed E-state index contributed by atoms with van der Waals surface area (Å²) < 4.78 is 12.8. The first-order valence-corrected chi connectivity index (χ1v) is 11.8. The summed E-state index contributed by atoms with van der Waals surface area (Å²) in [4.78, 5) is 32.9. The Bertz CT molecular complexity index is 1220. The summed E-state index contributed by atoms with van der Waals surface area (Å²) in [7, 11) is 1.83. The number of imide groups is 1. The minimum absolute atomic E-state index is 0. The highest BCUT2D eigenvalue weighted by atomic mass is 35.5. The molecule has 36 heavy (non-hydrogen) atoms. The highest BCUT2D eigenvalue weighted by molar-refractivity contribution is 6.09. The Morgan fingerprint density at radius 1 is 1.19 bits per heavy atom. The van der Waals surface area contributed by atoms with Gasteiger partial charge in [0.05, 0.1) is 36.3 Å². The van der Waals surface area contributed by atoms with E-state index in [9.17, 15) is 9.59 Å². The van der Waals surface area contributed by atoms with Crippen LogP contribution in [-0.4, -0.2) is 70.6 Å². The fourth-order valence-electron chi connectivity index (χ4n) is 4.11. The van der Waals surface area contributed by atoms with Crippen molar-refractivity contribution < 1.29 is 19.1 Å². The van der Waals surface area contributed by atoms with Crippen LogP contribution in [0.2, 0.25) is 0 Å². The molecule has 194 valence electrons. The molecule has 0 bridgehead atoms. The molecule has 1 aliphatic rings. The molecule has 0 spiro atoms. The molecule has 3 amide bonds. The molecule has 11 heteroatoms. The van der Waals surface area contributed by atoms with Gasteiger partial charge in [0.1, 0.15) is 5.75 Å². The fraction of sp³-hybridized carbons (Fsp3) is 0.440. The van der Waals surface area contributed by atoms with Gasteiger partial charge in [-0.25, -0.2) is 9.78 Å². The van der Waals surface area contributed by atoms with Gasteiger partial charge < -0.3 is 14.8 Å². The van der Waals surface area contributed by atoms with E-state index in [1.165, 1.54) is 0 Å². The van der Waals surface area contributed by atoms with Crippen molar-refractivity contribution >= 4 is 41.1 Å². The number of nitrogens with one attached hydrogen (secondary N) is 2. The van der Waals surface area contributed by atoms with Crippen LogP contribution in [0.3, 0.4) is 0 Å². The van der Waals surface area contributed by atoms with E-state index >= 15 is 0 Å². The van der Waals surface area contributed by atoms with E-state index in [0.29, 0.717) is 48.0 Å². The van der Waals surface area contributed by atoms with Crippen LogP contribution in [0, 0.1) is 6.92 Å². The van der Waals surface area contributed by atoms with Gasteiger partial charge in [0.25, 0.3) is 5.91 Å². The molecule has 1 saturated heterocycles. The average molecular weight is 517 g/mol. The number of nitrogens with zero attached hydrogens (tertiary/aromatic N) is 4. The minimum Gasteiger partial charge on any atom is -0.491 e. The summed E-state index contributed by atoms with van der Waals surface area (Å²) in [6.07, 6.45) is 0.578. The molecular formula is C25H33ClN6O4. The molecule has 2 aromatic heterocycles. The second kappa shape index (κ2) is 12.2. The number of halogens is 1. The molecule has 0 unspecified atom stereocenters. The van der Waals surface area contributed by atoms with Crippen LogP contribution in [0.5, 0.6) is 5.75 Å². The molecule has 1 aromatic carbocycles. The summed E-state index contributed by atoms with van der Waals surface area (Å²) in [6.45, 7) is 9.56. The monoisotopic (exact) mass is 516 g/mol. The Balaban J connectivity index is 0.00000361. The SMILES string of the molecule is Cc1nn(C)c2nc(CCN3CCOCC3)c(C(=O)NC(=O)Nc3cccc(OC(C)C)c3)cc12.Cl. The lowest BCUT2D eigenvalue weighted by Crippen LogP contribution is -2.38. The molecule has 1 aliphatic heterocycles. The number of aryl methyl sites for hydroxylation is 2. The van der Waals surface area contributed by atoms with Crippen molar-refractivity contribution in [1.29, 1.82) is 0 Å². The number of benzene rings is 1. The molecule has 0 atom stereocenters. The normalized spacial score (nSPS) is 13.9. The van der Waals surface area contributed by atoms with Gasteiger partial charge >= 0.3 is 6.03 Å². The lowest BCUT2D eigenvalue weighted by atomic mass is 10.1. The number of morpholine rings is 1. The second-order valence-electron chi connectivity index (χ2n) is 8.87. The number of amides is 3. The van der Waals surface area contributed by atoms with E-state index in [2.05, 4.69) is 20.6 Å². The number of hydrogen-bond donors (Lipinski definition) is 2. The zero-order valence-electron chi connectivity index (χ0n) is 21.0. The number of urea groups is 1. The standard InChI is InChI=1S/C25H32N6O4.ClH/c1-16(2)35-19-7-5-6-18(14-19)26-25(33)28-24(32)21-15-20-17(3)29-30(4)23(20)27-22(21)8-9-31-10-12-34-13-11-31;/h5-7,14-16H,8-13H2,1-4H3,(H2,26,28,32,33);1H. The molecule has 10 nitrogen and oxygen atoms in total. The molecule has 3 aromatic rings. The first kappa shape index (κ1) is 27.4. The summed E-state index contributed by atoms with van der Waals surface area (Å²) in [5.41, 5.74) is 3.01. The van der Waals surface area contributed by atoms with Gasteiger partial charge in [-0.3, -0.25) is 19.7 Å². The Hall–Kier alpha value is -3.21. The number of fused-ring (bicyclic) bond motifs is 1. The van der Waals surface area contributed by atoms with Crippen molar-refractivity contribution in [2.24, 2.45) is 7.05 Å². The smallest absolute Gasteiger partial charge is 0.326 e. The summed E-state index contributed by atoms with van der Waals surface area (Å²) in [6, 6.07) is 8.19. The molecule has 4 rings (SSSR count). The largest absolute Gasteiger partial charge is 0.491 e. The topological polar surface area (TPSA) is 111 Å². The molecule has 0 saturated carbocycles. The van der Waals surface area contributed by atoms with Crippen LogP contribution in [0.1, 0.15) is 35.6 Å². The van der Waals surface area contributed by atoms with Gasteiger partial charge in [0.15, 0.2) is 5.65 Å². The van der Waals surface area contributed by atoms with E-state index in [4.69, 9.17) is 14.5 Å². The van der Waals surface area contributed by atoms with Crippen LogP contribution in [0.4, 0.5) is 10.5 Å². The Kier molecular flexibility index (Phi) is 9.25. The van der Waals surface area contributed by atoms with Gasteiger partial charge in [-0.2, -0.15) is 5.10 Å². The zero-order valence-corrected chi connectivity index (χ0v) is 21.9. The van der Waals surface area contributed by atoms with Gasteiger partial charge in [-0.15, -0.1) is 12.4 Å². The lowest BCUT2D eigenvalue weighted by Gasteiger charge is -2.26. The number of rotatable bonds is 7. The molecule has 3 heterocycles. The van der Waals surface area contributed by atoms with Gasteiger partial charge in [0, 0.05) is 50.2 Å². The van der Waals surface area contributed by atoms with E-state index < -0.39 is 11.9 Å². The maximum atomic E-state index is 13.2. The zero-order chi connectivity index (χ0) is 24.9. The third kappa shape index (κ3) is 6.71. The predicted octanol–water partition coefficient (Wildman–Crippen LogP) is 3.32. The predicted molar refractivity (Wildman–Crippen MR) is 140 cm³/mol. The van der Waals surface area contributed by atoms with Crippen molar-refractivity contribution in [1.82, 2.24) is 25.0 Å². The van der Waals surface area contributed by atoms with E-state index in [-0.39, 0.29) is 18.5 Å². The van der Waals surface area contributed by atoms with Crippen molar-refractivity contribution in [2.75, 3.05) is 38.2 Å². The highest BCUT2D eigenvalue weighted by Gasteiger charge is 2.21. The summed E-state index contributed by atoms with van der Waals surface area (Å²) in [5.74, 6) is 0.128. The fourth-order valence-corrected chi connectivity index (χ4v) is 4.11. The third-order valence-electron chi connectivity index (χ3n) is 5.78. The van der Waals surface area contributed by atoms with E-state index in [1.807, 2.05) is 33.9 Å². The van der Waals surface area contributed by atoms with Crippen LogP contribution in [0.15, 0.2) is 30.3 Å². The Labute approximate surface area is 216 Å². The number of carbonyl (C=O) groups is 2. The van der Waals surface area contributed by atoms with Crippen LogP contribution >= 0.6 is 12.4 Å². The third-order valence-corrected chi connectivity index (χ3v) is 5.78. The van der Waals surface area contributed by atoms with Crippen LogP contribution in [-0.2, 0) is 18.2 Å². The van der Waals surface area contributed by atoms with Gasteiger partial charge in [-0.1, -0.05) is 6.07 Å². The molecule has 2 N–H and O–H groups in total. The first-order chi connectivity index (χ1) is 16.8. The van der Waals surface area contributed by atoms with Crippen molar-refractivity contribution in [3.63, 3.8) is 0 Å². The van der Waals surface area contributed by atoms with Crippen LogP contribution < -0.4 is 15.4 Å². The van der Waals surface area contributed by atoms with E-state index in [1.54, 1.807) is 28.9 Å². The Morgan fingerprint density at radius 2 is 1.94 bits per heavy atom. The number of aromatic nitrogens is 3. The van der Waals surface area contributed by atoms with Crippen molar-refractivity contribution in [2.45, 2.75) is 33.3 Å². The number of pyridine rings is 1. The van der Waals surface area contributed by atoms with Crippen LogP contribution in [0.25, 0.3) is 11.0 Å². The van der Waals surface area contributed by atoms with Gasteiger partial charge in [0.2, 0.25) is 0 Å². The lowest BCUT2D eigenvalue weighted by molar-refractivity contribution is 0.0383. The molecular weight excluding hydrogens is 484 g/mol. The number of anilines is 1. The first-order valence-electron chi connectivity index (χ1n) is 11.8. The number of ether oxygens (including phenoxy) is 2. The minimum atomic E-state index is -0.626. The molecule has 1 fully saturated rings. The maximum Gasteiger partial charge on any atom is 0.326 e. The molecule has 0 aliphatic carbocycles. The maximum absolute atomic E-state index is 13.2. The number of carbonyl (C=O) groups excluding carboxylic acids is 2. The average Bonchev–Trinajstić information content (AvgIpc) is 3.10. The van der Waals surface area contributed by atoms with E-state index in [0.717, 1.165) is 30.7 Å². The second-order valence-corrected chi connectivity index (χ2v) is 8.87.